The molecule has 1 aliphatic rings. The molecule has 0 aromatic heterocycles. The van der Waals surface area contributed by atoms with Gasteiger partial charge in [0.15, 0.2) is 5.75 Å². The molecule has 5 nitrogen and oxygen atoms in total. The first-order valence-corrected chi connectivity index (χ1v) is 8.77. The van der Waals surface area contributed by atoms with Gasteiger partial charge in [0.05, 0.1) is 28.1 Å². The first-order chi connectivity index (χ1) is 13.5. The summed E-state index contributed by atoms with van der Waals surface area (Å²) in [5.74, 6) is 0.372. The lowest BCUT2D eigenvalue weighted by molar-refractivity contribution is 0.0999. The summed E-state index contributed by atoms with van der Waals surface area (Å²) in [4.78, 5) is 14.9. The molecule has 134 valence electrons. The van der Waals surface area contributed by atoms with Crippen molar-refractivity contribution in [1.82, 2.24) is 0 Å². The normalized spacial score (nSPS) is 12.1. The maximum atomic E-state index is 13.4. The molecule has 28 heavy (non-hydrogen) atoms. The summed E-state index contributed by atoms with van der Waals surface area (Å²) in [6.07, 6.45) is 0. The fraction of sp³-hybridized carbons (Fsp3) is 0.0455. The Labute approximate surface area is 166 Å². The highest BCUT2D eigenvalue weighted by Crippen LogP contribution is 2.44. The number of aryl methyl sites for hydroxylation is 1. The van der Waals surface area contributed by atoms with Crippen LogP contribution in [0.25, 0.3) is 0 Å². The topological polar surface area (TPSA) is 77.1 Å². The molecular weight excluding hydrogens is 374 g/mol. The van der Waals surface area contributed by atoms with Crippen molar-refractivity contribution in [2.45, 2.75) is 6.92 Å². The van der Waals surface area contributed by atoms with E-state index in [9.17, 15) is 15.3 Å². The Bertz CT molecular complexity index is 1220. The minimum Gasteiger partial charge on any atom is -0.454 e. The van der Waals surface area contributed by atoms with Crippen LogP contribution in [-0.2, 0) is 0 Å². The van der Waals surface area contributed by atoms with Crippen LogP contribution in [0.4, 0.5) is 11.4 Å². The monoisotopic (exact) mass is 385 g/mol. The minimum atomic E-state index is -0.317. The van der Waals surface area contributed by atoms with Crippen molar-refractivity contribution in [1.29, 1.82) is 10.5 Å². The van der Waals surface area contributed by atoms with E-state index in [1.165, 1.54) is 17.0 Å². The summed E-state index contributed by atoms with van der Waals surface area (Å²) >= 11 is 6.29. The van der Waals surface area contributed by atoms with E-state index in [0.29, 0.717) is 33.5 Å². The maximum Gasteiger partial charge on any atom is 0.266 e. The smallest absolute Gasteiger partial charge is 0.266 e. The molecule has 0 atom stereocenters. The fourth-order valence-corrected chi connectivity index (χ4v) is 3.24. The number of benzene rings is 3. The van der Waals surface area contributed by atoms with Gasteiger partial charge in [-0.3, -0.25) is 9.69 Å². The second-order valence-corrected chi connectivity index (χ2v) is 6.67. The number of amides is 1. The minimum absolute atomic E-state index is 0.159. The van der Waals surface area contributed by atoms with Crippen molar-refractivity contribution < 1.29 is 9.53 Å². The number of ether oxygens (including phenoxy) is 1. The van der Waals surface area contributed by atoms with Gasteiger partial charge in [0.2, 0.25) is 0 Å². The molecule has 3 aromatic carbocycles. The first-order valence-electron chi connectivity index (χ1n) is 8.39. The SMILES string of the molecule is Cc1ccc(N2C(=O)c3ccccc3Oc3cc(C#N)c(C#N)cc32)cc1Cl. The molecule has 0 bridgehead atoms. The number of hydrogen-bond donors (Lipinski definition) is 0. The number of para-hydroxylation sites is 1. The van der Waals surface area contributed by atoms with Gasteiger partial charge in [0.25, 0.3) is 5.91 Å². The predicted molar refractivity (Wildman–Crippen MR) is 105 cm³/mol. The van der Waals surface area contributed by atoms with Crippen molar-refractivity contribution in [2.75, 3.05) is 4.90 Å². The maximum absolute atomic E-state index is 13.4. The Morgan fingerprint density at radius 2 is 1.68 bits per heavy atom. The Balaban J connectivity index is 2.04. The lowest BCUT2D eigenvalue weighted by atomic mass is 10.1. The molecule has 0 unspecified atom stereocenters. The first kappa shape index (κ1) is 17.6. The lowest BCUT2D eigenvalue weighted by Crippen LogP contribution is -2.25. The molecule has 4 rings (SSSR count). The number of carbonyl (C=O) groups excluding carboxylic acids is 1. The van der Waals surface area contributed by atoms with Gasteiger partial charge in [0.1, 0.15) is 17.9 Å². The molecule has 0 fully saturated rings. The van der Waals surface area contributed by atoms with Gasteiger partial charge in [0, 0.05) is 11.1 Å². The Morgan fingerprint density at radius 3 is 2.39 bits per heavy atom. The number of nitrogens with zero attached hydrogens (tertiary/aromatic N) is 3. The van der Waals surface area contributed by atoms with Crippen LogP contribution in [0.15, 0.2) is 54.6 Å². The van der Waals surface area contributed by atoms with E-state index < -0.39 is 0 Å². The molecule has 0 radical (unpaired) electrons. The number of carbonyl (C=O) groups is 1. The molecule has 0 saturated heterocycles. The van der Waals surface area contributed by atoms with Crippen LogP contribution in [0.2, 0.25) is 5.02 Å². The largest absolute Gasteiger partial charge is 0.454 e. The van der Waals surface area contributed by atoms with Gasteiger partial charge in [-0.25, -0.2) is 0 Å². The van der Waals surface area contributed by atoms with Crippen LogP contribution in [0.1, 0.15) is 27.0 Å². The van der Waals surface area contributed by atoms with E-state index in [1.807, 2.05) is 25.1 Å². The molecule has 6 heteroatoms. The summed E-state index contributed by atoms with van der Waals surface area (Å²) in [5.41, 5.74) is 2.49. The standard InChI is InChI=1S/C22H12ClN3O2/c1-13-6-7-16(10-18(13)23)26-19-8-14(11-24)15(12-25)9-21(19)28-20-5-3-2-4-17(20)22(26)27/h2-10H,1H3. The van der Waals surface area contributed by atoms with Gasteiger partial charge in [-0.2, -0.15) is 10.5 Å². The number of nitriles is 2. The number of rotatable bonds is 1. The Morgan fingerprint density at radius 1 is 0.964 bits per heavy atom. The second kappa shape index (κ2) is 6.74. The summed E-state index contributed by atoms with van der Waals surface area (Å²) in [7, 11) is 0. The average Bonchev–Trinajstić information content (AvgIpc) is 2.82. The highest BCUT2D eigenvalue weighted by molar-refractivity contribution is 6.31. The van der Waals surface area contributed by atoms with Crippen LogP contribution < -0.4 is 9.64 Å². The summed E-state index contributed by atoms with van der Waals surface area (Å²) in [6.45, 7) is 1.87. The van der Waals surface area contributed by atoms with E-state index in [4.69, 9.17) is 16.3 Å². The van der Waals surface area contributed by atoms with Crippen molar-refractivity contribution in [3.05, 3.63) is 81.9 Å². The number of anilines is 2. The molecule has 1 heterocycles. The van der Waals surface area contributed by atoms with Crippen LogP contribution in [0.5, 0.6) is 11.5 Å². The number of halogens is 1. The Kier molecular flexibility index (Phi) is 4.24. The summed E-state index contributed by atoms with van der Waals surface area (Å²) in [6, 6.07) is 19.1. The van der Waals surface area contributed by atoms with Crippen LogP contribution >= 0.6 is 11.6 Å². The quantitative estimate of drug-likeness (QED) is 0.556. The fourth-order valence-electron chi connectivity index (χ4n) is 3.07. The van der Waals surface area contributed by atoms with E-state index in [-0.39, 0.29) is 17.0 Å². The predicted octanol–water partition coefficient (Wildman–Crippen LogP) is 5.48. The second-order valence-electron chi connectivity index (χ2n) is 6.26. The van der Waals surface area contributed by atoms with Crippen molar-refractivity contribution in [2.24, 2.45) is 0 Å². The van der Waals surface area contributed by atoms with Crippen molar-refractivity contribution in [3.8, 4) is 23.6 Å². The van der Waals surface area contributed by atoms with Crippen LogP contribution in [0.3, 0.4) is 0 Å². The van der Waals surface area contributed by atoms with E-state index >= 15 is 0 Å². The molecule has 1 amide bonds. The van der Waals surface area contributed by atoms with E-state index in [2.05, 4.69) is 0 Å². The van der Waals surface area contributed by atoms with Gasteiger partial charge in [-0.15, -0.1) is 0 Å². The van der Waals surface area contributed by atoms with Crippen molar-refractivity contribution >= 4 is 28.9 Å². The van der Waals surface area contributed by atoms with Gasteiger partial charge in [-0.05, 0) is 42.8 Å². The molecule has 0 N–H and O–H groups in total. The molecule has 0 spiro atoms. The number of hydrogen-bond acceptors (Lipinski definition) is 4. The number of fused-ring (bicyclic) bond motifs is 2. The van der Waals surface area contributed by atoms with E-state index in [1.54, 1.807) is 36.4 Å². The van der Waals surface area contributed by atoms with E-state index in [0.717, 1.165) is 5.56 Å². The zero-order valence-corrected chi connectivity index (χ0v) is 15.5. The summed E-state index contributed by atoms with van der Waals surface area (Å²) < 4.78 is 5.96. The van der Waals surface area contributed by atoms with Gasteiger partial charge < -0.3 is 4.74 Å². The van der Waals surface area contributed by atoms with Gasteiger partial charge in [-0.1, -0.05) is 29.8 Å². The third-order valence-electron chi connectivity index (χ3n) is 4.54. The Hall–Kier alpha value is -3.80. The van der Waals surface area contributed by atoms with Crippen LogP contribution in [0, 0.1) is 29.6 Å². The third-order valence-corrected chi connectivity index (χ3v) is 4.94. The van der Waals surface area contributed by atoms with Crippen LogP contribution in [-0.4, -0.2) is 5.91 Å². The highest BCUT2D eigenvalue weighted by atomic mass is 35.5. The molecule has 0 saturated carbocycles. The molecule has 3 aromatic rings. The summed E-state index contributed by atoms with van der Waals surface area (Å²) in [5, 5.41) is 19.3. The third kappa shape index (κ3) is 2.75. The molecular formula is C22H12ClN3O2. The molecule has 1 aliphatic heterocycles. The zero-order chi connectivity index (χ0) is 19.8. The zero-order valence-electron chi connectivity index (χ0n) is 14.7. The van der Waals surface area contributed by atoms with Crippen molar-refractivity contribution in [3.63, 3.8) is 0 Å². The highest BCUT2D eigenvalue weighted by Gasteiger charge is 2.30. The average molecular weight is 386 g/mol. The van der Waals surface area contributed by atoms with Gasteiger partial charge >= 0.3 is 0 Å². The molecule has 0 aliphatic carbocycles. The lowest BCUT2D eigenvalue weighted by Gasteiger charge is -2.23.